The zero-order valence-electron chi connectivity index (χ0n) is 15.2. The molecule has 146 valence electrons. The van der Waals surface area contributed by atoms with Crippen LogP contribution in [0.1, 0.15) is 59.0 Å². The van der Waals surface area contributed by atoms with E-state index in [1.54, 1.807) is 24.3 Å². The fourth-order valence-corrected chi connectivity index (χ4v) is 3.07. The number of anilines is 1. The number of ether oxygens (including phenoxy) is 1. The van der Waals surface area contributed by atoms with Crippen LogP contribution < -0.4 is 5.32 Å². The molecule has 1 N–H and O–H groups in total. The van der Waals surface area contributed by atoms with Crippen molar-refractivity contribution in [2.75, 3.05) is 11.9 Å². The zero-order valence-corrected chi connectivity index (χ0v) is 16.0. The molecule has 27 heavy (non-hydrogen) atoms. The van der Waals surface area contributed by atoms with Gasteiger partial charge < -0.3 is 4.74 Å². The first-order chi connectivity index (χ1) is 12.4. The Bertz CT molecular complexity index is 837. The standard InChI is InChI=1S/C18H19F3N2O3S/c1-5-26-15(25)12-13(18(19,20)21)22-16(27-12)23-14(24)10-6-8-11(9-7-10)17(2,3)4/h6-9H,5H2,1-4H3,(H,22,23,24). The van der Waals surface area contributed by atoms with E-state index in [0.717, 1.165) is 5.56 Å². The summed E-state index contributed by atoms with van der Waals surface area (Å²) in [7, 11) is 0. The van der Waals surface area contributed by atoms with Crippen LogP contribution in [0.3, 0.4) is 0 Å². The molecule has 0 aliphatic heterocycles. The van der Waals surface area contributed by atoms with Gasteiger partial charge in [-0.2, -0.15) is 13.2 Å². The van der Waals surface area contributed by atoms with Crippen molar-refractivity contribution in [3.05, 3.63) is 46.0 Å². The summed E-state index contributed by atoms with van der Waals surface area (Å²) in [4.78, 5) is 26.7. The molecule has 0 spiro atoms. The van der Waals surface area contributed by atoms with Crippen LogP contribution in [0.5, 0.6) is 0 Å². The molecule has 5 nitrogen and oxygen atoms in total. The number of hydrogen-bond acceptors (Lipinski definition) is 5. The number of hydrogen-bond donors (Lipinski definition) is 1. The van der Waals surface area contributed by atoms with Gasteiger partial charge >= 0.3 is 12.1 Å². The summed E-state index contributed by atoms with van der Waals surface area (Å²) in [6.07, 6.45) is -4.84. The molecule has 0 bridgehead atoms. The van der Waals surface area contributed by atoms with Crippen LogP contribution in [0.25, 0.3) is 0 Å². The smallest absolute Gasteiger partial charge is 0.435 e. The molecule has 1 aromatic heterocycles. The lowest BCUT2D eigenvalue weighted by molar-refractivity contribution is -0.141. The number of thiazole rings is 1. The average Bonchev–Trinajstić information content (AvgIpc) is 2.98. The molecule has 0 saturated carbocycles. The molecule has 1 amide bonds. The van der Waals surface area contributed by atoms with Crippen LogP contribution in [0.2, 0.25) is 0 Å². The summed E-state index contributed by atoms with van der Waals surface area (Å²) >= 11 is 0.427. The number of amides is 1. The number of nitrogens with zero attached hydrogens (tertiary/aromatic N) is 1. The fraction of sp³-hybridized carbons (Fsp3) is 0.389. The fourth-order valence-electron chi connectivity index (χ4n) is 2.19. The number of carbonyl (C=O) groups excluding carboxylic acids is 2. The Morgan fingerprint density at radius 3 is 2.22 bits per heavy atom. The van der Waals surface area contributed by atoms with Crippen LogP contribution in [-0.4, -0.2) is 23.5 Å². The van der Waals surface area contributed by atoms with Gasteiger partial charge in [0.05, 0.1) is 6.61 Å². The van der Waals surface area contributed by atoms with Crippen molar-refractivity contribution in [1.82, 2.24) is 4.98 Å². The van der Waals surface area contributed by atoms with Gasteiger partial charge in [0.1, 0.15) is 4.88 Å². The van der Waals surface area contributed by atoms with E-state index >= 15 is 0 Å². The van der Waals surface area contributed by atoms with E-state index in [0.29, 0.717) is 11.3 Å². The van der Waals surface area contributed by atoms with Crippen LogP contribution in [0.15, 0.2) is 24.3 Å². The molecular formula is C18H19F3N2O3S. The third-order valence-electron chi connectivity index (χ3n) is 3.59. The average molecular weight is 400 g/mol. The Hall–Kier alpha value is -2.42. The normalized spacial score (nSPS) is 12.0. The van der Waals surface area contributed by atoms with Gasteiger partial charge in [-0.1, -0.05) is 44.2 Å². The summed E-state index contributed by atoms with van der Waals surface area (Å²) in [5.74, 6) is -1.74. The van der Waals surface area contributed by atoms with Gasteiger partial charge in [-0.25, -0.2) is 9.78 Å². The van der Waals surface area contributed by atoms with Crippen LogP contribution in [-0.2, 0) is 16.3 Å². The maximum absolute atomic E-state index is 13.1. The number of esters is 1. The number of nitrogens with one attached hydrogen (secondary N) is 1. The maximum Gasteiger partial charge on any atom is 0.435 e. The van der Waals surface area contributed by atoms with E-state index in [1.165, 1.54) is 6.92 Å². The summed E-state index contributed by atoms with van der Waals surface area (Å²) in [5, 5.41) is 1.98. The third-order valence-corrected chi connectivity index (χ3v) is 4.54. The summed E-state index contributed by atoms with van der Waals surface area (Å²) in [6.45, 7) is 7.47. The summed E-state index contributed by atoms with van der Waals surface area (Å²) < 4.78 is 43.9. The quantitative estimate of drug-likeness (QED) is 0.742. The Morgan fingerprint density at radius 1 is 1.15 bits per heavy atom. The Kier molecular flexibility index (Phi) is 5.94. The molecule has 2 aromatic rings. The topological polar surface area (TPSA) is 68.3 Å². The van der Waals surface area contributed by atoms with Crippen molar-refractivity contribution in [2.24, 2.45) is 0 Å². The number of aromatic nitrogens is 1. The SMILES string of the molecule is CCOC(=O)c1sc(NC(=O)c2ccc(C(C)(C)C)cc2)nc1C(F)(F)F. The molecule has 0 atom stereocenters. The van der Waals surface area contributed by atoms with E-state index in [4.69, 9.17) is 0 Å². The summed E-state index contributed by atoms with van der Waals surface area (Å²) in [6, 6.07) is 6.73. The highest BCUT2D eigenvalue weighted by Crippen LogP contribution is 2.36. The summed E-state index contributed by atoms with van der Waals surface area (Å²) in [5.41, 5.74) is -0.188. The number of rotatable bonds is 4. The zero-order chi connectivity index (χ0) is 20.4. The third kappa shape index (κ3) is 5.06. The lowest BCUT2D eigenvalue weighted by atomic mass is 9.87. The number of carbonyl (C=O) groups is 2. The largest absolute Gasteiger partial charge is 0.462 e. The van der Waals surface area contributed by atoms with E-state index in [-0.39, 0.29) is 22.7 Å². The molecule has 0 aliphatic rings. The van der Waals surface area contributed by atoms with Crippen LogP contribution in [0.4, 0.5) is 18.3 Å². The monoisotopic (exact) mass is 400 g/mol. The molecule has 0 saturated heterocycles. The van der Waals surface area contributed by atoms with Crippen molar-refractivity contribution in [3.8, 4) is 0 Å². The predicted molar refractivity (Wildman–Crippen MR) is 96.2 cm³/mol. The van der Waals surface area contributed by atoms with Gasteiger partial charge in [0, 0.05) is 5.56 Å². The minimum absolute atomic E-state index is 0.0736. The second-order valence-electron chi connectivity index (χ2n) is 6.70. The molecule has 0 fully saturated rings. The highest BCUT2D eigenvalue weighted by molar-refractivity contribution is 7.17. The first-order valence-corrected chi connectivity index (χ1v) is 8.92. The minimum Gasteiger partial charge on any atom is -0.462 e. The maximum atomic E-state index is 13.1. The van der Waals surface area contributed by atoms with Gasteiger partial charge in [0.15, 0.2) is 10.8 Å². The van der Waals surface area contributed by atoms with Crippen molar-refractivity contribution < 1.29 is 27.5 Å². The molecule has 9 heteroatoms. The molecule has 0 radical (unpaired) electrons. The highest BCUT2D eigenvalue weighted by Gasteiger charge is 2.40. The Labute approximate surface area is 158 Å². The lowest BCUT2D eigenvalue weighted by Gasteiger charge is -2.18. The van der Waals surface area contributed by atoms with Crippen molar-refractivity contribution in [1.29, 1.82) is 0 Å². The van der Waals surface area contributed by atoms with Gasteiger partial charge in [0.25, 0.3) is 5.91 Å². The van der Waals surface area contributed by atoms with Gasteiger partial charge in [-0.15, -0.1) is 0 Å². The van der Waals surface area contributed by atoms with Crippen molar-refractivity contribution in [3.63, 3.8) is 0 Å². The molecule has 0 aliphatic carbocycles. The Morgan fingerprint density at radius 2 is 1.74 bits per heavy atom. The highest BCUT2D eigenvalue weighted by atomic mass is 32.1. The molecule has 1 heterocycles. The van der Waals surface area contributed by atoms with Crippen LogP contribution >= 0.6 is 11.3 Å². The van der Waals surface area contributed by atoms with E-state index in [9.17, 15) is 22.8 Å². The van der Waals surface area contributed by atoms with Gasteiger partial charge in [-0.3, -0.25) is 10.1 Å². The van der Waals surface area contributed by atoms with E-state index < -0.39 is 28.6 Å². The molecule has 0 unspecified atom stereocenters. The van der Waals surface area contributed by atoms with Crippen molar-refractivity contribution in [2.45, 2.75) is 39.3 Å². The van der Waals surface area contributed by atoms with E-state index in [2.05, 4.69) is 15.0 Å². The molecular weight excluding hydrogens is 381 g/mol. The minimum atomic E-state index is -4.84. The number of benzene rings is 1. The first-order valence-electron chi connectivity index (χ1n) is 8.10. The first kappa shape index (κ1) is 20.9. The van der Waals surface area contributed by atoms with E-state index in [1.807, 2.05) is 20.8 Å². The second kappa shape index (κ2) is 7.67. The predicted octanol–water partition coefficient (Wildman–Crippen LogP) is 4.89. The number of halogens is 3. The lowest BCUT2D eigenvalue weighted by Crippen LogP contribution is -2.15. The number of alkyl halides is 3. The molecule has 2 rings (SSSR count). The van der Waals surface area contributed by atoms with Crippen molar-refractivity contribution >= 4 is 28.3 Å². The van der Waals surface area contributed by atoms with Gasteiger partial charge in [-0.05, 0) is 30.0 Å². The van der Waals surface area contributed by atoms with Crippen LogP contribution in [0, 0.1) is 0 Å². The van der Waals surface area contributed by atoms with Gasteiger partial charge in [0.2, 0.25) is 0 Å². The molecule has 1 aromatic carbocycles. The Balaban J connectivity index is 2.26. The second-order valence-corrected chi connectivity index (χ2v) is 7.70.